The average Bonchev–Trinajstić information content (AvgIpc) is 2.48. The Kier molecular flexibility index (Phi) is 4.70. The highest BCUT2D eigenvalue weighted by Crippen LogP contribution is 2.21. The zero-order chi connectivity index (χ0) is 14.6. The van der Waals surface area contributed by atoms with Gasteiger partial charge in [0.05, 0.1) is 0 Å². The van der Waals surface area contributed by atoms with Crippen LogP contribution in [0.1, 0.15) is 18.5 Å². The molecule has 1 aromatic heterocycles. The topological polar surface area (TPSA) is 83.3 Å². The third-order valence-electron chi connectivity index (χ3n) is 3.42. The van der Waals surface area contributed by atoms with Crippen molar-refractivity contribution in [2.45, 2.75) is 17.7 Å². The lowest BCUT2D eigenvalue weighted by Gasteiger charge is -2.26. The third-order valence-corrected chi connectivity index (χ3v) is 5.28. The van der Waals surface area contributed by atoms with Crippen LogP contribution in [0.3, 0.4) is 0 Å². The third kappa shape index (κ3) is 3.15. The van der Waals surface area contributed by atoms with E-state index < -0.39 is 10.0 Å². The molecular weight excluding hydrogens is 278 g/mol. The van der Waals surface area contributed by atoms with Crippen molar-refractivity contribution in [1.29, 1.82) is 5.26 Å². The van der Waals surface area contributed by atoms with Crippen LogP contribution in [0.4, 0.5) is 0 Å². The molecule has 20 heavy (non-hydrogen) atoms. The first-order valence-corrected chi connectivity index (χ1v) is 7.89. The molecule has 0 spiro atoms. The second-order valence-corrected chi connectivity index (χ2v) is 6.82. The maximum atomic E-state index is 12.5. The molecule has 0 N–H and O–H groups in total. The van der Waals surface area contributed by atoms with Crippen molar-refractivity contribution in [3.8, 4) is 6.07 Å². The van der Waals surface area contributed by atoms with Crippen LogP contribution in [0, 0.1) is 17.2 Å². The highest BCUT2D eigenvalue weighted by molar-refractivity contribution is 7.89. The minimum atomic E-state index is -3.67. The molecule has 1 saturated heterocycles. The maximum Gasteiger partial charge on any atom is 0.245 e. The first-order valence-electron chi connectivity index (χ1n) is 6.45. The fourth-order valence-corrected chi connectivity index (χ4v) is 3.58. The molecule has 1 aromatic rings. The van der Waals surface area contributed by atoms with Gasteiger partial charge in [0.25, 0.3) is 0 Å². The van der Waals surface area contributed by atoms with Crippen LogP contribution in [0.5, 0.6) is 0 Å². The number of nitriles is 1. The molecule has 6 nitrogen and oxygen atoms in total. The van der Waals surface area contributed by atoms with Crippen LogP contribution in [0.25, 0.3) is 0 Å². The molecule has 0 saturated carbocycles. The molecule has 0 amide bonds. The van der Waals surface area contributed by atoms with E-state index in [9.17, 15) is 8.42 Å². The predicted molar refractivity (Wildman–Crippen MR) is 72.3 cm³/mol. The highest BCUT2D eigenvalue weighted by atomic mass is 32.2. The van der Waals surface area contributed by atoms with Gasteiger partial charge in [-0.3, -0.25) is 0 Å². The number of aromatic nitrogens is 1. The molecule has 0 bridgehead atoms. The van der Waals surface area contributed by atoms with Crippen molar-refractivity contribution in [3.05, 3.63) is 24.0 Å². The van der Waals surface area contributed by atoms with Crippen molar-refractivity contribution in [2.75, 3.05) is 26.8 Å². The molecule has 1 aliphatic rings. The smallest absolute Gasteiger partial charge is 0.245 e. The second-order valence-electron chi connectivity index (χ2n) is 4.80. The second kappa shape index (κ2) is 6.31. The van der Waals surface area contributed by atoms with Gasteiger partial charge < -0.3 is 4.74 Å². The number of pyridine rings is 1. The van der Waals surface area contributed by atoms with E-state index in [1.165, 1.54) is 22.6 Å². The first-order chi connectivity index (χ1) is 9.55. The molecule has 0 unspecified atom stereocenters. The number of nitrogens with zero attached hydrogens (tertiary/aromatic N) is 3. The van der Waals surface area contributed by atoms with E-state index in [0.29, 0.717) is 25.7 Å². The number of sulfonamides is 1. The fraction of sp³-hybridized carbons (Fsp3) is 0.538. The van der Waals surface area contributed by atoms with Crippen LogP contribution < -0.4 is 0 Å². The first kappa shape index (κ1) is 14.9. The lowest BCUT2D eigenvalue weighted by Crippen LogP contribution is -2.34. The Morgan fingerprint density at radius 1 is 1.50 bits per heavy atom. The maximum absolute atomic E-state index is 12.5. The average molecular weight is 295 g/mol. The molecule has 2 rings (SSSR count). The SMILES string of the molecule is CN(CC1CCOCC1)S(=O)(=O)c1cccnc1C#N. The molecule has 0 aromatic carbocycles. The minimum Gasteiger partial charge on any atom is -0.381 e. The van der Waals surface area contributed by atoms with Crippen LogP contribution in [0.15, 0.2) is 23.2 Å². The van der Waals surface area contributed by atoms with Gasteiger partial charge in [0.2, 0.25) is 10.0 Å². The van der Waals surface area contributed by atoms with E-state index in [1.54, 1.807) is 7.05 Å². The minimum absolute atomic E-state index is 0.0305. The monoisotopic (exact) mass is 295 g/mol. The Balaban J connectivity index is 2.19. The van der Waals surface area contributed by atoms with Crippen molar-refractivity contribution in [2.24, 2.45) is 5.92 Å². The van der Waals surface area contributed by atoms with Crippen LogP contribution in [0.2, 0.25) is 0 Å². The molecule has 0 radical (unpaired) electrons. The zero-order valence-corrected chi connectivity index (χ0v) is 12.1. The highest BCUT2D eigenvalue weighted by Gasteiger charge is 2.27. The number of hydrogen-bond acceptors (Lipinski definition) is 5. The van der Waals surface area contributed by atoms with Crippen LogP contribution in [-0.4, -0.2) is 44.5 Å². The normalized spacial score (nSPS) is 17.1. The van der Waals surface area contributed by atoms with Gasteiger partial charge in [0, 0.05) is 33.0 Å². The van der Waals surface area contributed by atoms with Gasteiger partial charge in [0.15, 0.2) is 5.69 Å². The molecule has 7 heteroatoms. The summed E-state index contributed by atoms with van der Waals surface area (Å²) in [5, 5.41) is 8.97. The van der Waals surface area contributed by atoms with Crippen LogP contribution >= 0.6 is 0 Å². The number of rotatable bonds is 4. The molecule has 108 valence electrons. The molecule has 0 aliphatic carbocycles. The van der Waals surface area contributed by atoms with Crippen molar-refractivity contribution in [3.63, 3.8) is 0 Å². The van der Waals surface area contributed by atoms with E-state index in [-0.39, 0.29) is 10.6 Å². The molecule has 1 aliphatic heterocycles. The standard InChI is InChI=1S/C13H17N3O3S/c1-16(10-11-4-7-19-8-5-11)20(17,18)13-3-2-6-15-12(13)9-14/h2-3,6,11H,4-5,7-8,10H2,1H3. The summed E-state index contributed by atoms with van der Waals surface area (Å²) in [4.78, 5) is 3.78. The fourth-order valence-electron chi connectivity index (χ4n) is 2.24. The number of ether oxygens (including phenoxy) is 1. The van der Waals surface area contributed by atoms with Crippen LogP contribution in [-0.2, 0) is 14.8 Å². The van der Waals surface area contributed by atoms with Gasteiger partial charge in [-0.15, -0.1) is 0 Å². The summed E-state index contributed by atoms with van der Waals surface area (Å²) >= 11 is 0. The van der Waals surface area contributed by atoms with E-state index in [1.807, 2.05) is 6.07 Å². The summed E-state index contributed by atoms with van der Waals surface area (Å²) in [5.74, 6) is 0.297. The largest absolute Gasteiger partial charge is 0.381 e. The molecule has 1 fully saturated rings. The van der Waals surface area contributed by atoms with Crippen molar-refractivity contribution >= 4 is 10.0 Å². The summed E-state index contributed by atoms with van der Waals surface area (Å²) in [6.07, 6.45) is 3.13. The van der Waals surface area contributed by atoms with Gasteiger partial charge in [-0.2, -0.15) is 5.26 Å². The van der Waals surface area contributed by atoms with E-state index in [4.69, 9.17) is 10.00 Å². The summed E-state index contributed by atoms with van der Waals surface area (Å²) < 4.78 is 31.6. The van der Waals surface area contributed by atoms with Crippen molar-refractivity contribution < 1.29 is 13.2 Å². The van der Waals surface area contributed by atoms with E-state index in [0.717, 1.165) is 12.8 Å². The Bertz CT molecular complexity index is 604. The Morgan fingerprint density at radius 2 is 2.20 bits per heavy atom. The van der Waals surface area contributed by atoms with E-state index >= 15 is 0 Å². The summed E-state index contributed by atoms with van der Waals surface area (Å²) in [6.45, 7) is 1.79. The summed E-state index contributed by atoms with van der Waals surface area (Å²) in [5.41, 5.74) is -0.0636. The molecule has 2 heterocycles. The lowest BCUT2D eigenvalue weighted by atomic mass is 10.0. The van der Waals surface area contributed by atoms with Gasteiger partial charge in [-0.1, -0.05) is 0 Å². The Labute approximate surface area is 119 Å². The van der Waals surface area contributed by atoms with Gasteiger partial charge >= 0.3 is 0 Å². The summed E-state index contributed by atoms with van der Waals surface area (Å²) in [6, 6.07) is 4.77. The van der Waals surface area contributed by atoms with Gasteiger partial charge in [0.1, 0.15) is 11.0 Å². The number of hydrogen-bond donors (Lipinski definition) is 0. The predicted octanol–water partition coefficient (Wildman–Crippen LogP) is 1.00. The van der Waals surface area contributed by atoms with Gasteiger partial charge in [-0.25, -0.2) is 17.7 Å². The zero-order valence-electron chi connectivity index (χ0n) is 11.3. The molecular formula is C13H17N3O3S. The Morgan fingerprint density at radius 3 is 2.85 bits per heavy atom. The Hall–Kier alpha value is -1.49. The van der Waals surface area contributed by atoms with E-state index in [2.05, 4.69) is 4.98 Å². The summed E-state index contributed by atoms with van der Waals surface area (Å²) in [7, 11) is -2.13. The molecule has 0 atom stereocenters. The van der Waals surface area contributed by atoms with Gasteiger partial charge in [-0.05, 0) is 30.9 Å². The quantitative estimate of drug-likeness (QED) is 0.827. The lowest BCUT2D eigenvalue weighted by molar-refractivity contribution is 0.0620. The van der Waals surface area contributed by atoms with Crippen molar-refractivity contribution in [1.82, 2.24) is 9.29 Å².